The second kappa shape index (κ2) is 12.4. The molecule has 0 radical (unpaired) electrons. The topological polar surface area (TPSA) is 87.7 Å². The number of carbonyl (C=O) groups is 2. The van der Waals surface area contributed by atoms with Gasteiger partial charge in [0.25, 0.3) is 5.91 Å². The maximum atomic E-state index is 13.3. The summed E-state index contributed by atoms with van der Waals surface area (Å²) in [7, 11) is 0. The lowest BCUT2D eigenvalue weighted by atomic mass is 10.0. The molecule has 34 heavy (non-hydrogen) atoms. The third-order valence-corrected chi connectivity index (χ3v) is 5.39. The molecule has 3 N–H and O–H groups in total. The van der Waals surface area contributed by atoms with E-state index in [1.54, 1.807) is 30.3 Å². The Labute approximate surface area is 201 Å². The summed E-state index contributed by atoms with van der Waals surface area (Å²) in [5, 5.41) is 16.3. The van der Waals surface area contributed by atoms with Gasteiger partial charge in [0.15, 0.2) is 5.75 Å². The normalized spacial score (nSPS) is 10.5. The molecule has 3 aromatic rings. The van der Waals surface area contributed by atoms with Gasteiger partial charge >= 0.3 is 0 Å². The van der Waals surface area contributed by atoms with Crippen molar-refractivity contribution >= 4 is 23.2 Å². The van der Waals surface area contributed by atoms with Gasteiger partial charge in [0, 0.05) is 6.42 Å². The lowest BCUT2D eigenvalue weighted by Gasteiger charge is -2.18. The molecule has 3 rings (SSSR count). The number of phenolic OH excluding ortho intramolecular Hbond substituents is 1. The number of aryl methyl sites for hydroxylation is 1. The first-order valence-electron chi connectivity index (χ1n) is 11.8. The third-order valence-electron chi connectivity index (χ3n) is 5.39. The van der Waals surface area contributed by atoms with Gasteiger partial charge in [-0.3, -0.25) is 9.59 Å². The number of unbranched alkanes of at least 4 members (excludes halogenated alkanes) is 2. The number of carbonyl (C=O) groups excluding carboxylic acids is 2. The van der Waals surface area contributed by atoms with Crippen molar-refractivity contribution in [3.05, 3.63) is 77.9 Å². The van der Waals surface area contributed by atoms with Gasteiger partial charge in [0.05, 0.1) is 11.3 Å². The molecular formula is C28H32N2O4. The highest BCUT2D eigenvalue weighted by atomic mass is 16.5. The molecular weight excluding hydrogens is 428 g/mol. The molecule has 0 aromatic heterocycles. The Hall–Kier alpha value is -3.80. The lowest BCUT2D eigenvalue weighted by Crippen LogP contribution is -2.18. The van der Waals surface area contributed by atoms with E-state index in [-0.39, 0.29) is 17.3 Å². The summed E-state index contributed by atoms with van der Waals surface area (Å²) in [5.41, 5.74) is 1.82. The van der Waals surface area contributed by atoms with Crippen molar-refractivity contribution in [2.24, 2.45) is 0 Å². The van der Waals surface area contributed by atoms with Crippen LogP contribution in [0.1, 0.15) is 61.9 Å². The fraction of sp³-hybridized carbons (Fsp3) is 0.286. The largest absolute Gasteiger partial charge is 0.506 e. The van der Waals surface area contributed by atoms with E-state index in [4.69, 9.17) is 4.74 Å². The van der Waals surface area contributed by atoms with E-state index >= 15 is 0 Å². The first-order chi connectivity index (χ1) is 16.5. The Kier molecular flexibility index (Phi) is 9.09. The average Bonchev–Trinajstić information content (AvgIpc) is 2.84. The molecule has 0 aliphatic carbocycles. The van der Waals surface area contributed by atoms with Crippen LogP contribution in [0.3, 0.4) is 0 Å². The zero-order valence-electron chi connectivity index (χ0n) is 19.8. The Bertz CT molecular complexity index is 1110. The highest BCUT2D eigenvalue weighted by molar-refractivity contribution is 6.11. The first kappa shape index (κ1) is 24.8. The molecule has 0 aliphatic rings. The van der Waals surface area contributed by atoms with Crippen LogP contribution < -0.4 is 15.4 Å². The number of ether oxygens (including phenoxy) is 1. The van der Waals surface area contributed by atoms with Crippen molar-refractivity contribution in [2.45, 2.75) is 52.4 Å². The second-order valence-corrected chi connectivity index (χ2v) is 8.12. The predicted molar refractivity (Wildman–Crippen MR) is 136 cm³/mol. The van der Waals surface area contributed by atoms with Crippen LogP contribution in [-0.2, 0) is 11.2 Å². The SMILES string of the molecule is CCCCCc1ccc(O)c(NC(=O)c2ccccc2NC(=O)CCC)c1Oc1ccccc1. The van der Waals surface area contributed by atoms with Gasteiger partial charge in [0.1, 0.15) is 17.2 Å². The quantitative estimate of drug-likeness (QED) is 0.214. The summed E-state index contributed by atoms with van der Waals surface area (Å²) in [5.74, 6) is 0.324. The van der Waals surface area contributed by atoms with E-state index in [9.17, 15) is 14.7 Å². The van der Waals surface area contributed by atoms with Crippen molar-refractivity contribution in [1.29, 1.82) is 0 Å². The monoisotopic (exact) mass is 460 g/mol. The van der Waals surface area contributed by atoms with Crippen molar-refractivity contribution in [3.63, 3.8) is 0 Å². The highest BCUT2D eigenvalue weighted by Gasteiger charge is 2.20. The van der Waals surface area contributed by atoms with Crippen molar-refractivity contribution in [1.82, 2.24) is 0 Å². The molecule has 6 heteroatoms. The number of rotatable bonds is 11. The number of nitrogens with one attached hydrogen (secondary N) is 2. The zero-order chi connectivity index (χ0) is 24.3. The number of para-hydroxylation sites is 2. The molecule has 3 aromatic carbocycles. The second-order valence-electron chi connectivity index (χ2n) is 8.12. The Morgan fingerprint density at radius 1 is 0.853 bits per heavy atom. The molecule has 0 atom stereocenters. The van der Waals surface area contributed by atoms with Crippen molar-refractivity contribution in [3.8, 4) is 17.2 Å². The fourth-order valence-corrected chi connectivity index (χ4v) is 3.63. The van der Waals surface area contributed by atoms with Gasteiger partial charge in [-0.15, -0.1) is 0 Å². The predicted octanol–water partition coefficient (Wildman–Crippen LogP) is 6.91. The number of hydrogen-bond donors (Lipinski definition) is 3. The molecule has 0 heterocycles. The molecule has 2 amide bonds. The maximum Gasteiger partial charge on any atom is 0.257 e. The minimum absolute atomic E-state index is 0.0916. The van der Waals surface area contributed by atoms with E-state index in [1.807, 2.05) is 43.3 Å². The summed E-state index contributed by atoms with van der Waals surface area (Å²) < 4.78 is 6.17. The van der Waals surface area contributed by atoms with Gasteiger partial charge in [-0.05, 0) is 55.2 Å². The minimum Gasteiger partial charge on any atom is -0.506 e. The van der Waals surface area contributed by atoms with E-state index < -0.39 is 5.91 Å². The molecule has 0 aliphatic heterocycles. The van der Waals surface area contributed by atoms with Crippen LogP contribution in [0.15, 0.2) is 66.7 Å². The van der Waals surface area contributed by atoms with Crippen molar-refractivity contribution in [2.75, 3.05) is 10.6 Å². The smallest absolute Gasteiger partial charge is 0.257 e. The van der Waals surface area contributed by atoms with Crippen LogP contribution >= 0.6 is 0 Å². The highest BCUT2D eigenvalue weighted by Crippen LogP contribution is 2.41. The summed E-state index contributed by atoms with van der Waals surface area (Å²) in [6.07, 6.45) is 4.94. The van der Waals surface area contributed by atoms with Crippen LogP contribution in [-0.4, -0.2) is 16.9 Å². The van der Waals surface area contributed by atoms with Gasteiger partial charge in [0.2, 0.25) is 5.91 Å². The summed E-state index contributed by atoms with van der Waals surface area (Å²) >= 11 is 0. The van der Waals surface area contributed by atoms with Crippen LogP contribution in [0.5, 0.6) is 17.2 Å². The number of aromatic hydroxyl groups is 1. The molecule has 0 unspecified atom stereocenters. The van der Waals surface area contributed by atoms with Crippen molar-refractivity contribution < 1.29 is 19.4 Å². The Morgan fingerprint density at radius 2 is 1.59 bits per heavy atom. The van der Waals surface area contributed by atoms with Crippen LogP contribution in [0.2, 0.25) is 0 Å². The molecule has 0 bridgehead atoms. The third kappa shape index (κ3) is 6.61. The summed E-state index contributed by atoms with van der Waals surface area (Å²) in [4.78, 5) is 25.4. The average molecular weight is 461 g/mol. The minimum atomic E-state index is -0.452. The fourth-order valence-electron chi connectivity index (χ4n) is 3.63. The van der Waals surface area contributed by atoms with E-state index in [1.165, 1.54) is 0 Å². The molecule has 0 saturated carbocycles. The number of anilines is 2. The van der Waals surface area contributed by atoms with Gasteiger partial charge in [-0.25, -0.2) is 0 Å². The van der Waals surface area contributed by atoms with Gasteiger partial charge < -0.3 is 20.5 Å². The maximum absolute atomic E-state index is 13.3. The molecule has 0 saturated heterocycles. The number of hydrogen-bond acceptors (Lipinski definition) is 4. The van der Waals surface area contributed by atoms with Crippen LogP contribution in [0.25, 0.3) is 0 Å². The van der Waals surface area contributed by atoms with Crippen LogP contribution in [0.4, 0.5) is 11.4 Å². The lowest BCUT2D eigenvalue weighted by molar-refractivity contribution is -0.116. The Balaban J connectivity index is 1.95. The van der Waals surface area contributed by atoms with Gasteiger partial charge in [-0.1, -0.05) is 63.1 Å². The standard InChI is InChI=1S/C28H32N2O4/c1-3-5-7-13-20-18-19-24(31)26(27(20)34-21-14-8-6-9-15-21)30-28(33)22-16-10-11-17-23(22)29-25(32)12-4-2/h6,8-11,14-19,31H,3-5,7,12-13H2,1-2H3,(H,29,32)(H,30,33). The number of benzene rings is 3. The zero-order valence-corrected chi connectivity index (χ0v) is 19.8. The molecule has 6 nitrogen and oxygen atoms in total. The van der Waals surface area contributed by atoms with Gasteiger partial charge in [-0.2, -0.15) is 0 Å². The van der Waals surface area contributed by atoms with E-state index in [0.29, 0.717) is 35.6 Å². The molecule has 0 spiro atoms. The summed E-state index contributed by atoms with van der Waals surface area (Å²) in [6, 6.07) is 19.5. The number of phenols is 1. The molecule has 0 fully saturated rings. The van der Waals surface area contributed by atoms with E-state index in [0.717, 1.165) is 31.2 Å². The summed E-state index contributed by atoms with van der Waals surface area (Å²) in [6.45, 7) is 4.06. The van der Waals surface area contributed by atoms with E-state index in [2.05, 4.69) is 17.6 Å². The molecule has 178 valence electrons. The number of amides is 2. The van der Waals surface area contributed by atoms with Crippen LogP contribution in [0, 0.1) is 0 Å². The Morgan fingerprint density at radius 3 is 2.32 bits per heavy atom. The first-order valence-corrected chi connectivity index (χ1v) is 11.8.